The standard InChI is InChI=1S/C7H5ClF3NO.ClH/c8-5-2-1-4(7(9,10)11)3-6(5)13-12;/h1-3H,12H2;1H. The van der Waals surface area contributed by atoms with Gasteiger partial charge in [-0.2, -0.15) is 19.1 Å². The maximum Gasteiger partial charge on any atom is 0.416 e. The number of rotatable bonds is 1. The highest BCUT2D eigenvalue weighted by Crippen LogP contribution is 2.34. The van der Waals surface area contributed by atoms with E-state index >= 15 is 0 Å². The van der Waals surface area contributed by atoms with Crippen molar-refractivity contribution < 1.29 is 18.0 Å². The van der Waals surface area contributed by atoms with Crippen LogP contribution in [0.2, 0.25) is 5.02 Å². The average Bonchev–Trinajstić information content (AvgIpc) is 2.03. The molecule has 0 fully saturated rings. The molecule has 0 saturated carbocycles. The van der Waals surface area contributed by atoms with Crippen LogP contribution in [-0.4, -0.2) is 0 Å². The first-order chi connectivity index (χ1) is 5.95. The molecule has 0 saturated heterocycles. The Morgan fingerprint density at radius 3 is 2.29 bits per heavy atom. The second kappa shape index (κ2) is 4.72. The zero-order valence-electron chi connectivity index (χ0n) is 6.64. The number of nitrogens with two attached hydrogens (primary N) is 1. The zero-order valence-corrected chi connectivity index (χ0v) is 8.21. The third-order valence-corrected chi connectivity index (χ3v) is 1.70. The van der Waals surface area contributed by atoms with Gasteiger partial charge in [0.2, 0.25) is 0 Å². The van der Waals surface area contributed by atoms with Gasteiger partial charge in [0, 0.05) is 0 Å². The quantitative estimate of drug-likeness (QED) is 0.775. The summed E-state index contributed by atoms with van der Waals surface area (Å²) in [5.41, 5.74) is -0.850. The van der Waals surface area contributed by atoms with Gasteiger partial charge in [0.25, 0.3) is 0 Å². The molecule has 0 spiro atoms. The lowest BCUT2D eigenvalue weighted by atomic mass is 10.2. The predicted molar refractivity (Wildman–Crippen MR) is 48.5 cm³/mol. The minimum Gasteiger partial charge on any atom is -0.410 e. The van der Waals surface area contributed by atoms with Crippen molar-refractivity contribution in [2.45, 2.75) is 6.18 Å². The van der Waals surface area contributed by atoms with E-state index in [4.69, 9.17) is 17.5 Å². The molecular weight excluding hydrogens is 242 g/mol. The Bertz CT molecular complexity index is 316. The molecule has 0 atom stereocenters. The van der Waals surface area contributed by atoms with Crippen molar-refractivity contribution in [2.75, 3.05) is 0 Å². The lowest BCUT2D eigenvalue weighted by Crippen LogP contribution is -2.07. The van der Waals surface area contributed by atoms with Crippen molar-refractivity contribution in [3.05, 3.63) is 28.8 Å². The van der Waals surface area contributed by atoms with E-state index in [0.29, 0.717) is 0 Å². The lowest BCUT2D eigenvalue weighted by molar-refractivity contribution is -0.137. The molecular formula is C7H6Cl2F3NO. The van der Waals surface area contributed by atoms with Gasteiger partial charge in [-0.25, -0.2) is 0 Å². The Hall–Kier alpha value is -0.650. The molecule has 1 rings (SSSR count). The van der Waals surface area contributed by atoms with Gasteiger partial charge >= 0.3 is 6.18 Å². The zero-order chi connectivity index (χ0) is 10.1. The molecule has 2 nitrogen and oxygen atoms in total. The second-order valence-corrected chi connectivity index (χ2v) is 2.67. The Kier molecular flexibility index (Phi) is 4.51. The first-order valence-corrected chi connectivity index (χ1v) is 3.56. The molecule has 14 heavy (non-hydrogen) atoms. The summed E-state index contributed by atoms with van der Waals surface area (Å²) in [4.78, 5) is 4.15. The molecule has 80 valence electrons. The number of benzene rings is 1. The van der Waals surface area contributed by atoms with Gasteiger partial charge in [0.15, 0.2) is 5.75 Å². The monoisotopic (exact) mass is 247 g/mol. The number of halogens is 5. The fraction of sp³-hybridized carbons (Fsp3) is 0.143. The first kappa shape index (κ1) is 13.4. The van der Waals surface area contributed by atoms with Crippen LogP contribution in [0.5, 0.6) is 5.75 Å². The molecule has 0 heterocycles. The van der Waals surface area contributed by atoms with E-state index in [0.717, 1.165) is 18.2 Å². The summed E-state index contributed by atoms with van der Waals surface area (Å²) in [6.07, 6.45) is -4.42. The number of hydrogen-bond donors (Lipinski definition) is 1. The van der Waals surface area contributed by atoms with Gasteiger partial charge < -0.3 is 4.84 Å². The van der Waals surface area contributed by atoms with Crippen LogP contribution in [-0.2, 0) is 6.18 Å². The predicted octanol–water partition coefficient (Wildman–Crippen LogP) is 3.03. The molecule has 1 aromatic carbocycles. The summed E-state index contributed by atoms with van der Waals surface area (Å²) in [6.45, 7) is 0. The molecule has 0 aliphatic carbocycles. The Labute approximate surface area is 89.2 Å². The topological polar surface area (TPSA) is 35.2 Å². The van der Waals surface area contributed by atoms with Crippen LogP contribution in [0.4, 0.5) is 13.2 Å². The van der Waals surface area contributed by atoms with Gasteiger partial charge in [-0.15, -0.1) is 12.4 Å². The molecule has 0 bridgehead atoms. The molecule has 0 aromatic heterocycles. The largest absolute Gasteiger partial charge is 0.416 e. The third kappa shape index (κ3) is 2.94. The van der Waals surface area contributed by atoms with Gasteiger partial charge in [0.05, 0.1) is 10.6 Å². The van der Waals surface area contributed by atoms with E-state index in [2.05, 4.69) is 4.84 Å². The summed E-state index contributed by atoms with van der Waals surface area (Å²) in [6, 6.07) is 2.67. The molecule has 0 aliphatic rings. The van der Waals surface area contributed by atoms with E-state index in [1.165, 1.54) is 0 Å². The van der Waals surface area contributed by atoms with Crippen LogP contribution >= 0.6 is 24.0 Å². The van der Waals surface area contributed by atoms with Gasteiger partial charge in [-0.1, -0.05) is 11.6 Å². The summed E-state index contributed by atoms with van der Waals surface area (Å²) in [5, 5.41) is 0.0375. The van der Waals surface area contributed by atoms with E-state index in [9.17, 15) is 13.2 Å². The van der Waals surface area contributed by atoms with Crippen molar-refractivity contribution in [3.8, 4) is 5.75 Å². The average molecular weight is 248 g/mol. The Balaban J connectivity index is 0.00000169. The second-order valence-electron chi connectivity index (χ2n) is 2.26. The molecule has 0 amide bonds. The summed E-state index contributed by atoms with van der Waals surface area (Å²) in [7, 11) is 0. The summed E-state index contributed by atoms with van der Waals surface area (Å²) in [5.74, 6) is 4.51. The van der Waals surface area contributed by atoms with Crippen LogP contribution in [0.1, 0.15) is 5.56 Å². The third-order valence-electron chi connectivity index (χ3n) is 1.39. The minimum atomic E-state index is -4.42. The molecule has 0 unspecified atom stereocenters. The maximum absolute atomic E-state index is 12.1. The fourth-order valence-corrected chi connectivity index (χ4v) is 0.932. The lowest BCUT2D eigenvalue weighted by Gasteiger charge is -2.08. The van der Waals surface area contributed by atoms with E-state index in [1.54, 1.807) is 0 Å². The van der Waals surface area contributed by atoms with Crippen molar-refractivity contribution >= 4 is 24.0 Å². The number of hydrogen-bond acceptors (Lipinski definition) is 2. The molecule has 0 radical (unpaired) electrons. The van der Waals surface area contributed by atoms with E-state index in [1.807, 2.05) is 0 Å². The normalized spacial score (nSPS) is 10.6. The van der Waals surface area contributed by atoms with Crippen molar-refractivity contribution in [2.24, 2.45) is 5.90 Å². The van der Waals surface area contributed by atoms with Gasteiger partial charge in [-0.3, -0.25) is 0 Å². The van der Waals surface area contributed by atoms with Crippen LogP contribution in [0.3, 0.4) is 0 Å². The highest BCUT2D eigenvalue weighted by molar-refractivity contribution is 6.32. The Morgan fingerprint density at radius 2 is 1.86 bits per heavy atom. The van der Waals surface area contributed by atoms with Crippen molar-refractivity contribution in [1.29, 1.82) is 0 Å². The van der Waals surface area contributed by atoms with Crippen LogP contribution < -0.4 is 10.7 Å². The smallest absolute Gasteiger partial charge is 0.410 e. The van der Waals surface area contributed by atoms with Crippen LogP contribution in [0, 0.1) is 0 Å². The first-order valence-electron chi connectivity index (χ1n) is 3.18. The summed E-state index contributed by atoms with van der Waals surface area (Å²) >= 11 is 5.47. The maximum atomic E-state index is 12.1. The van der Waals surface area contributed by atoms with Crippen molar-refractivity contribution in [3.63, 3.8) is 0 Å². The molecule has 1 aromatic rings. The van der Waals surface area contributed by atoms with Crippen LogP contribution in [0.25, 0.3) is 0 Å². The minimum absolute atomic E-state index is 0. The van der Waals surface area contributed by atoms with Crippen molar-refractivity contribution in [1.82, 2.24) is 0 Å². The molecule has 2 N–H and O–H groups in total. The summed E-state index contributed by atoms with van der Waals surface area (Å²) < 4.78 is 36.3. The fourth-order valence-electron chi connectivity index (χ4n) is 0.770. The highest BCUT2D eigenvalue weighted by Gasteiger charge is 2.31. The molecule has 7 heteroatoms. The van der Waals surface area contributed by atoms with E-state index in [-0.39, 0.29) is 23.2 Å². The highest BCUT2D eigenvalue weighted by atomic mass is 35.5. The molecule has 0 aliphatic heterocycles. The number of alkyl halides is 3. The van der Waals surface area contributed by atoms with Gasteiger partial charge in [0.1, 0.15) is 0 Å². The van der Waals surface area contributed by atoms with E-state index < -0.39 is 11.7 Å². The SMILES string of the molecule is Cl.NOc1cc(C(F)(F)F)ccc1Cl. The Morgan fingerprint density at radius 1 is 1.29 bits per heavy atom. The van der Waals surface area contributed by atoms with Crippen LogP contribution in [0.15, 0.2) is 18.2 Å². The van der Waals surface area contributed by atoms with Gasteiger partial charge in [-0.05, 0) is 18.2 Å².